The van der Waals surface area contributed by atoms with Crippen molar-refractivity contribution < 1.29 is 9.90 Å². The average molecular weight is 979 g/mol. The zero-order valence-corrected chi connectivity index (χ0v) is 43.7. The van der Waals surface area contributed by atoms with Crippen LogP contribution in [0, 0.1) is 20.9 Å². The number of benzene rings is 4. The maximum absolute atomic E-state index is 11.4. The summed E-state index contributed by atoms with van der Waals surface area (Å²) in [6.07, 6.45) is 20.4. The quantitative estimate of drug-likeness (QED) is 0.0239. The van der Waals surface area contributed by atoms with Crippen LogP contribution >= 0.6 is 35.8 Å². The lowest BCUT2D eigenvalue weighted by Crippen LogP contribution is -2.10. The summed E-state index contributed by atoms with van der Waals surface area (Å²) < 4.78 is 11.4. The number of carboxylic acids is 1. The second-order valence-electron chi connectivity index (χ2n) is 18.4. The van der Waals surface area contributed by atoms with Crippen molar-refractivity contribution in [1.29, 1.82) is 5.26 Å². The number of imidazole rings is 2. The van der Waals surface area contributed by atoms with Crippen LogP contribution in [-0.2, 0) is 31.0 Å². The maximum Gasteiger partial charge on any atom is 0.346 e. The molecule has 0 bridgehead atoms. The van der Waals surface area contributed by atoms with Crippen LogP contribution in [0.3, 0.4) is 0 Å². The van der Waals surface area contributed by atoms with Gasteiger partial charge in [0.05, 0.1) is 22.1 Å². The van der Waals surface area contributed by atoms with E-state index in [0.29, 0.717) is 0 Å². The number of hydrogen-bond acceptors (Lipinski definition) is 6. The smallest absolute Gasteiger partial charge is 0.346 e. The van der Waals surface area contributed by atoms with Crippen LogP contribution in [0.2, 0.25) is 0 Å². The fourth-order valence-electron chi connectivity index (χ4n) is 9.49. The maximum atomic E-state index is 11.4. The third-order valence-electron chi connectivity index (χ3n) is 13.4. The predicted molar refractivity (Wildman–Crippen MR) is 296 cm³/mol. The first-order valence-corrected chi connectivity index (χ1v) is 27.3. The summed E-state index contributed by atoms with van der Waals surface area (Å²) in [6, 6.07) is 36.9. The average Bonchev–Trinajstić information content (AvgIpc) is 4.02. The van der Waals surface area contributed by atoms with Gasteiger partial charge in [0.2, 0.25) is 0 Å². The number of thiophene rings is 1. The molecule has 0 amide bonds. The minimum atomic E-state index is -1.22. The van der Waals surface area contributed by atoms with Gasteiger partial charge in [-0.25, -0.2) is 4.79 Å². The van der Waals surface area contributed by atoms with Crippen molar-refractivity contribution in [3.63, 3.8) is 0 Å². The molecule has 0 saturated heterocycles. The van der Waals surface area contributed by atoms with Gasteiger partial charge in [-0.15, -0.1) is 11.3 Å². The molecule has 11 heteroatoms. The van der Waals surface area contributed by atoms with E-state index >= 15 is 0 Å². The monoisotopic (exact) mass is 978 g/mol. The van der Waals surface area contributed by atoms with Crippen molar-refractivity contribution in [1.82, 2.24) is 18.3 Å². The molecule has 7 aromatic rings. The number of unbranched alkanes of at least 4 members (excludes halogenated alkanes) is 12. The molecule has 8 nitrogen and oxygen atoms in total. The van der Waals surface area contributed by atoms with E-state index in [1.807, 2.05) is 12.1 Å². The molecule has 0 radical (unpaired) electrons. The van der Waals surface area contributed by atoms with Crippen molar-refractivity contribution >= 4 is 86.9 Å². The third-order valence-corrected chi connectivity index (χ3v) is 15.3. The summed E-state index contributed by atoms with van der Waals surface area (Å²) in [5.41, 5.74) is 11.0. The molecule has 1 N–H and O–H groups in total. The SMILES string of the molecule is CCCCCCn1c(=S)n(CCCCCC)c2cc(N(c3ccc(-c4ccc(-c5ccc(/C=C(\C#N)C(=O)O)s5)cc4)cc3)c3ccc4c(c3)n(CCCCCC)c(=S)n4CCCCCC)ccc21. The minimum absolute atomic E-state index is 0.277. The van der Waals surface area contributed by atoms with Crippen molar-refractivity contribution in [2.45, 2.75) is 157 Å². The molecule has 3 aromatic heterocycles. The van der Waals surface area contributed by atoms with Gasteiger partial charge in [0.25, 0.3) is 0 Å². The second-order valence-corrected chi connectivity index (χ2v) is 20.2. The molecule has 69 heavy (non-hydrogen) atoms. The Balaban J connectivity index is 1.31. The number of rotatable bonds is 27. The van der Waals surface area contributed by atoms with Crippen LogP contribution in [0.1, 0.15) is 135 Å². The van der Waals surface area contributed by atoms with E-state index in [0.717, 1.165) is 105 Å². The molecule has 362 valence electrons. The minimum Gasteiger partial charge on any atom is -0.477 e. The topological polar surface area (TPSA) is 84.1 Å². The summed E-state index contributed by atoms with van der Waals surface area (Å²) in [4.78, 5) is 15.6. The number of fused-ring (bicyclic) bond motifs is 2. The molecule has 0 spiro atoms. The number of aromatic nitrogens is 4. The van der Waals surface area contributed by atoms with Gasteiger partial charge in [-0.05, 0) is 134 Å². The first kappa shape index (κ1) is 51.3. The Morgan fingerprint density at radius 2 is 0.928 bits per heavy atom. The molecule has 0 unspecified atom stereocenters. The Kier molecular flexibility index (Phi) is 18.9. The van der Waals surface area contributed by atoms with E-state index in [2.05, 4.69) is 136 Å². The van der Waals surface area contributed by atoms with Crippen molar-refractivity contribution in [2.24, 2.45) is 0 Å². The van der Waals surface area contributed by atoms with Crippen LogP contribution in [0.15, 0.2) is 103 Å². The Morgan fingerprint density at radius 3 is 1.33 bits per heavy atom. The summed E-state index contributed by atoms with van der Waals surface area (Å²) in [6.45, 7) is 12.7. The van der Waals surface area contributed by atoms with Gasteiger partial charge in [-0.1, -0.05) is 141 Å². The highest BCUT2D eigenvalue weighted by Gasteiger charge is 2.20. The molecular formula is C58H70N6O2S3. The Hall–Kier alpha value is -5.54. The standard InChI is InChI=1S/C58H70N6O2S3/c1-5-9-13-17-35-60-51-32-29-48(40-53(51)62(57(60)67)37-19-15-11-7-3)64(49-30-33-52-54(41-49)63(38-20-16-12-8-4)58(68)61(52)36-18-14-10-6-2)47-27-25-44(26-28-47)43-21-23-45(24-22-43)55-34-31-50(69-55)39-46(42-59)56(65)66/h21-34,39-41H,5-20,35-38H2,1-4H3,(H,65,66)/b46-39+. The van der Waals surface area contributed by atoms with E-state index < -0.39 is 5.97 Å². The van der Waals surface area contributed by atoms with Crippen LogP contribution < -0.4 is 4.90 Å². The molecule has 7 rings (SSSR count). The van der Waals surface area contributed by atoms with Crippen LogP contribution in [0.4, 0.5) is 17.1 Å². The molecule has 0 aliphatic heterocycles. The van der Waals surface area contributed by atoms with Gasteiger partial charge in [-0.2, -0.15) is 5.26 Å². The van der Waals surface area contributed by atoms with E-state index in [9.17, 15) is 15.2 Å². The highest BCUT2D eigenvalue weighted by atomic mass is 32.1. The number of nitriles is 1. The highest BCUT2D eigenvalue weighted by molar-refractivity contribution is 7.71. The Labute approximate surface area is 424 Å². The molecule has 4 aromatic carbocycles. The van der Waals surface area contributed by atoms with E-state index in [-0.39, 0.29) is 5.57 Å². The zero-order valence-electron chi connectivity index (χ0n) is 41.2. The van der Waals surface area contributed by atoms with Gasteiger partial charge in [0, 0.05) is 53.0 Å². The third kappa shape index (κ3) is 12.4. The fraction of sp³-hybridized carbons (Fsp3) is 0.414. The lowest BCUT2D eigenvalue weighted by atomic mass is 10.0. The van der Waals surface area contributed by atoms with Crippen LogP contribution in [-0.4, -0.2) is 29.3 Å². The molecule has 0 aliphatic carbocycles. The van der Waals surface area contributed by atoms with E-state index in [1.54, 1.807) is 6.07 Å². The van der Waals surface area contributed by atoms with Gasteiger partial charge < -0.3 is 28.3 Å². The zero-order chi connectivity index (χ0) is 48.7. The number of carbonyl (C=O) groups is 1. The van der Waals surface area contributed by atoms with Gasteiger partial charge in [0.1, 0.15) is 11.6 Å². The summed E-state index contributed by atoms with van der Waals surface area (Å²) >= 11 is 14.1. The van der Waals surface area contributed by atoms with Gasteiger partial charge >= 0.3 is 5.97 Å². The fourth-order valence-corrected chi connectivity index (χ4v) is 11.2. The van der Waals surface area contributed by atoms with E-state index in [4.69, 9.17) is 24.4 Å². The summed E-state index contributed by atoms with van der Waals surface area (Å²) in [5.74, 6) is -1.22. The number of hydrogen-bond donors (Lipinski definition) is 1. The van der Waals surface area contributed by atoms with Crippen LogP contribution in [0.25, 0.3) is 49.7 Å². The van der Waals surface area contributed by atoms with Crippen LogP contribution in [0.5, 0.6) is 0 Å². The van der Waals surface area contributed by atoms with Gasteiger partial charge in [0.15, 0.2) is 9.54 Å². The Morgan fingerprint density at radius 1 is 0.536 bits per heavy atom. The molecule has 0 atom stereocenters. The number of aryl methyl sites for hydroxylation is 4. The normalized spacial score (nSPS) is 11.8. The summed E-state index contributed by atoms with van der Waals surface area (Å²) in [7, 11) is 0. The van der Waals surface area contributed by atoms with Gasteiger partial charge in [-0.3, -0.25) is 0 Å². The van der Waals surface area contributed by atoms with Crippen molar-refractivity contribution in [2.75, 3.05) is 4.90 Å². The lowest BCUT2D eigenvalue weighted by molar-refractivity contribution is -0.132. The molecule has 0 saturated carbocycles. The first-order valence-electron chi connectivity index (χ1n) is 25.6. The number of carboxylic acid groups (broad SMARTS) is 1. The van der Waals surface area contributed by atoms with Crippen molar-refractivity contribution in [3.05, 3.63) is 117 Å². The largest absolute Gasteiger partial charge is 0.477 e. The number of anilines is 3. The number of nitrogens with zero attached hydrogens (tertiary/aromatic N) is 6. The second kappa shape index (κ2) is 25.4. The molecule has 0 aliphatic rings. The Bertz CT molecular complexity index is 2880. The molecule has 3 heterocycles. The predicted octanol–water partition coefficient (Wildman–Crippen LogP) is 17.8. The molecular weight excluding hydrogens is 909 g/mol. The first-order chi connectivity index (χ1) is 33.7. The lowest BCUT2D eigenvalue weighted by Gasteiger charge is -2.26. The molecule has 0 fully saturated rings. The summed E-state index contributed by atoms with van der Waals surface area (Å²) in [5, 5.41) is 18.6. The number of aliphatic carboxylic acids is 1. The van der Waals surface area contributed by atoms with Crippen molar-refractivity contribution in [3.8, 4) is 27.6 Å². The highest BCUT2D eigenvalue weighted by Crippen LogP contribution is 2.40. The van der Waals surface area contributed by atoms with E-state index in [1.165, 1.54) is 117 Å².